The molecular weight excluding hydrogens is 404 g/mol. The molecule has 1 aliphatic rings. The molecule has 1 unspecified atom stereocenters. The van der Waals surface area contributed by atoms with Gasteiger partial charge in [0.05, 0.1) is 32.0 Å². The third-order valence-electron chi connectivity index (χ3n) is 5.74. The average molecular weight is 435 g/mol. The number of benzene rings is 3. The topological polar surface area (TPSA) is 68.2 Å². The van der Waals surface area contributed by atoms with E-state index in [0.29, 0.717) is 19.8 Å². The Hall–Kier alpha value is -2.54. The smallest absolute Gasteiger partial charge is 0.115 e. The molecule has 0 aromatic heterocycles. The van der Waals surface area contributed by atoms with Crippen LogP contribution in [-0.4, -0.2) is 40.7 Å². The lowest BCUT2D eigenvalue weighted by Crippen LogP contribution is -2.58. The van der Waals surface area contributed by atoms with E-state index in [4.69, 9.17) is 14.2 Å². The van der Waals surface area contributed by atoms with Gasteiger partial charge in [0.2, 0.25) is 0 Å². The number of aliphatic hydroxyl groups excluding tert-OH is 2. The minimum Gasteiger partial charge on any atom is -0.390 e. The molecule has 5 atom stereocenters. The van der Waals surface area contributed by atoms with Crippen LogP contribution in [0.25, 0.3) is 0 Å². The molecule has 1 aliphatic carbocycles. The maximum atomic E-state index is 10.8. The molecule has 1 saturated carbocycles. The fraction of sp³-hybridized carbons (Fsp3) is 0.333. The molecule has 0 radical (unpaired) electrons. The second-order valence-corrected chi connectivity index (χ2v) is 8.15. The van der Waals surface area contributed by atoms with Crippen LogP contribution in [0.15, 0.2) is 91.0 Å². The van der Waals surface area contributed by atoms with E-state index in [1.54, 1.807) is 0 Å². The highest BCUT2D eigenvalue weighted by atomic mass is 16.6. The van der Waals surface area contributed by atoms with Crippen LogP contribution in [0.3, 0.4) is 0 Å². The van der Waals surface area contributed by atoms with Gasteiger partial charge in [0.15, 0.2) is 0 Å². The zero-order chi connectivity index (χ0) is 22.2. The van der Waals surface area contributed by atoms with Crippen molar-refractivity contribution in [2.75, 3.05) is 0 Å². The summed E-state index contributed by atoms with van der Waals surface area (Å²) in [5.41, 5.74) is 3.02. The van der Waals surface area contributed by atoms with Crippen molar-refractivity contribution in [1.29, 1.82) is 0 Å². The zero-order valence-electron chi connectivity index (χ0n) is 18.0. The largest absolute Gasteiger partial charge is 0.390 e. The Bertz CT molecular complexity index is 863. The molecule has 4 rings (SSSR count). The average Bonchev–Trinajstić information content (AvgIpc) is 2.83. The molecule has 0 aliphatic heterocycles. The third-order valence-corrected chi connectivity index (χ3v) is 5.74. The summed E-state index contributed by atoms with van der Waals surface area (Å²) in [6.07, 6.45) is -3.41. The predicted octanol–water partition coefficient (Wildman–Crippen LogP) is 3.87. The Morgan fingerprint density at radius 2 is 0.812 bits per heavy atom. The van der Waals surface area contributed by atoms with Gasteiger partial charge in [0.1, 0.15) is 18.3 Å². The molecule has 0 saturated heterocycles. The fourth-order valence-corrected chi connectivity index (χ4v) is 4.04. The minimum atomic E-state index is -0.855. The number of aliphatic hydroxyl groups is 2. The second-order valence-electron chi connectivity index (χ2n) is 8.15. The SMILES string of the molecule is O[C@H]1C[C@H](O)[C@@H](OCc2ccccc2)C(OCc2ccccc2)[C@H]1OCc1ccccc1. The van der Waals surface area contributed by atoms with E-state index in [1.165, 1.54) is 0 Å². The summed E-state index contributed by atoms with van der Waals surface area (Å²) in [7, 11) is 0. The van der Waals surface area contributed by atoms with Crippen molar-refractivity contribution in [3.8, 4) is 0 Å². The Labute approximate surface area is 189 Å². The molecule has 0 bridgehead atoms. The lowest BCUT2D eigenvalue weighted by molar-refractivity contribution is -0.231. The highest BCUT2D eigenvalue weighted by Gasteiger charge is 2.46. The van der Waals surface area contributed by atoms with Crippen molar-refractivity contribution in [1.82, 2.24) is 0 Å². The zero-order valence-corrected chi connectivity index (χ0v) is 18.0. The van der Waals surface area contributed by atoms with Crippen LogP contribution in [0.5, 0.6) is 0 Å². The van der Waals surface area contributed by atoms with Gasteiger partial charge in [-0.3, -0.25) is 0 Å². The molecule has 2 N–H and O–H groups in total. The Kier molecular flexibility index (Phi) is 8.04. The van der Waals surface area contributed by atoms with Gasteiger partial charge >= 0.3 is 0 Å². The van der Waals surface area contributed by atoms with E-state index >= 15 is 0 Å². The van der Waals surface area contributed by atoms with Crippen molar-refractivity contribution >= 4 is 0 Å². The third kappa shape index (κ3) is 6.03. The lowest BCUT2D eigenvalue weighted by atomic mass is 9.86. The van der Waals surface area contributed by atoms with Crippen molar-refractivity contribution in [2.24, 2.45) is 0 Å². The predicted molar refractivity (Wildman–Crippen MR) is 122 cm³/mol. The van der Waals surface area contributed by atoms with Crippen molar-refractivity contribution < 1.29 is 24.4 Å². The first-order valence-electron chi connectivity index (χ1n) is 11.0. The normalized spacial score (nSPS) is 25.5. The number of hydrogen-bond donors (Lipinski definition) is 2. The van der Waals surface area contributed by atoms with Gasteiger partial charge in [0, 0.05) is 6.42 Å². The van der Waals surface area contributed by atoms with E-state index in [0.717, 1.165) is 16.7 Å². The molecular formula is C27H30O5. The maximum absolute atomic E-state index is 10.8. The number of rotatable bonds is 9. The first-order valence-corrected chi connectivity index (χ1v) is 11.0. The first-order chi connectivity index (χ1) is 15.7. The summed E-state index contributed by atoms with van der Waals surface area (Å²) in [4.78, 5) is 0. The van der Waals surface area contributed by atoms with Gasteiger partial charge in [-0.1, -0.05) is 91.0 Å². The highest BCUT2D eigenvalue weighted by Crippen LogP contribution is 2.30. The van der Waals surface area contributed by atoms with Crippen LogP contribution in [0.4, 0.5) is 0 Å². The van der Waals surface area contributed by atoms with Crippen LogP contribution in [-0.2, 0) is 34.0 Å². The number of hydrogen-bond acceptors (Lipinski definition) is 5. The molecule has 32 heavy (non-hydrogen) atoms. The summed E-state index contributed by atoms with van der Waals surface area (Å²) in [5.74, 6) is 0. The molecule has 5 heteroatoms. The highest BCUT2D eigenvalue weighted by molar-refractivity contribution is 5.15. The van der Waals surface area contributed by atoms with Gasteiger partial charge in [0.25, 0.3) is 0 Å². The van der Waals surface area contributed by atoms with Crippen molar-refractivity contribution in [3.05, 3.63) is 108 Å². The van der Waals surface area contributed by atoms with Crippen LogP contribution >= 0.6 is 0 Å². The van der Waals surface area contributed by atoms with E-state index < -0.39 is 30.5 Å². The standard InChI is InChI=1S/C27H30O5/c28-23-16-24(29)26(31-18-21-12-6-2-7-13-21)27(32-19-22-14-8-3-9-15-22)25(23)30-17-20-10-4-1-5-11-20/h1-15,23-29H,16-19H2/t23-,24-,25-,26+,27?/m0/s1. The van der Waals surface area contributed by atoms with Crippen molar-refractivity contribution in [2.45, 2.75) is 56.8 Å². The summed E-state index contributed by atoms with van der Waals surface area (Å²) in [6, 6.07) is 29.5. The van der Waals surface area contributed by atoms with Gasteiger partial charge in [-0.25, -0.2) is 0 Å². The number of ether oxygens (including phenoxy) is 3. The van der Waals surface area contributed by atoms with Gasteiger partial charge in [-0.05, 0) is 16.7 Å². The quantitative estimate of drug-likeness (QED) is 0.535. The van der Waals surface area contributed by atoms with Crippen LogP contribution in [0.2, 0.25) is 0 Å². The molecule has 1 fully saturated rings. The molecule has 0 amide bonds. The second kappa shape index (κ2) is 11.4. The summed E-state index contributed by atoms with van der Waals surface area (Å²) >= 11 is 0. The van der Waals surface area contributed by atoms with Gasteiger partial charge in [-0.2, -0.15) is 0 Å². The summed E-state index contributed by atoms with van der Waals surface area (Å²) in [5, 5.41) is 21.5. The van der Waals surface area contributed by atoms with E-state index in [2.05, 4.69) is 0 Å². The molecule has 0 heterocycles. The van der Waals surface area contributed by atoms with E-state index in [-0.39, 0.29) is 6.42 Å². The van der Waals surface area contributed by atoms with Crippen molar-refractivity contribution in [3.63, 3.8) is 0 Å². The monoisotopic (exact) mass is 434 g/mol. The molecule has 3 aromatic rings. The summed E-state index contributed by atoms with van der Waals surface area (Å²) in [6.45, 7) is 1.02. The minimum absolute atomic E-state index is 0.171. The van der Waals surface area contributed by atoms with Gasteiger partial charge in [-0.15, -0.1) is 0 Å². The molecule has 3 aromatic carbocycles. The van der Waals surface area contributed by atoms with Crippen LogP contribution in [0, 0.1) is 0 Å². The Balaban J connectivity index is 1.50. The van der Waals surface area contributed by atoms with Crippen LogP contribution < -0.4 is 0 Å². The lowest BCUT2D eigenvalue weighted by Gasteiger charge is -2.43. The Morgan fingerprint density at radius 3 is 1.16 bits per heavy atom. The van der Waals surface area contributed by atoms with Gasteiger partial charge < -0.3 is 24.4 Å². The fourth-order valence-electron chi connectivity index (χ4n) is 4.04. The van der Waals surface area contributed by atoms with Crippen LogP contribution in [0.1, 0.15) is 23.1 Å². The van der Waals surface area contributed by atoms with E-state index in [1.807, 2.05) is 91.0 Å². The Morgan fingerprint density at radius 1 is 0.500 bits per heavy atom. The first kappa shape index (κ1) is 22.6. The van der Waals surface area contributed by atoms with E-state index in [9.17, 15) is 10.2 Å². The molecule has 168 valence electrons. The molecule has 0 spiro atoms. The maximum Gasteiger partial charge on any atom is 0.115 e. The summed E-state index contributed by atoms with van der Waals surface area (Å²) < 4.78 is 18.5. The molecule has 5 nitrogen and oxygen atoms in total.